The molecule has 0 aliphatic carbocycles. The standard InChI is InChI=1S/C18H23NO3/c1-12(2)10-18(17(21)22-4)16(14-8-6-5-7-9-14)15(11-19-18)13(3)20/h5-9,11-12,16,19H,10H2,1-4H3/t16-,18+/m1/s1. The summed E-state index contributed by atoms with van der Waals surface area (Å²) < 4.78 is 5.07. The van der Waals surface area contributed by atoms with Crippen LogP contribution in [0.4, 0.5) is 0 Å². The van der Waals surface area contributed by atoms with E-state index in [2.05, 4.69) is 19.2 Å². The van der Waals surface area contributed by atoms with Gasteiger partial charge in [-0.3, -0.25) is 4.79 Å². The Kier molecular flexibility index (Phi) is 4.69. The number of carbonyl (C=O) groups is 2. The molecule has 0 amide bonds. The first kappa shape index (κ1) is 16.3. The first-order valence-electron chi connectivity index (χ1n) is 7.54. The summed E-state index contributed by atoms with van der Waals surface area (Å²) in [6.45, 7) is 5.65. The van der Waals surface area contributed by atoms with Crippen LogP contribution in [0.5, 0.6) is 0 Å². The van der Waals surface area contributed by atoms with Crippen LogP contribution >= 0.6 is 0 Å². The zero-order valence-electron chi connectivity index (χ0n) is 13.6. The number of hydrogen-bond acceptors (Lipinski definition) is 4. The second-order valence-electron chi connectivity index (χ2n) is 6.20. The highest BCUT2D eigenvalue weighted by atomic mass is 16.5. The molecule has 1 aliphatic heterocycles. The molecular weight excluding hydrogens is 278 g/mol. The van der Waals surface area contributed by atoms with E-state index in [0.717, 1.165) is 5.56 Å². The molecule has 4 nitrogen and oxygen atoms in total. The maximum atomic E-state index is 12.6. The molecule has 0 aromatic heterocycles. The lowest BCUT2D eigenvalue weighted by atomic mass is 9.72. The third-order valence-corrected chi connectivity index (χ3v) is 4.11. The highest BCUT2D eigenvalue weighted by molar-refractivity contribution is 5.99. The first-order chi connectivity index (χ1) is 10.4. The van der Waals surface area contributed by atoms with Gasteiger partial charge in [0.15, 0.2) is 5.78 Å². The molecule has 1 aromatic rings. The Morgan fingerprint density at radius 2 is 1.91 bits per heavy atom. The number of ether oxygens (including phenoxy) is 1. The van der Waals surface area contributed by atoms with Gasteiger partial charge >= 0.3 is 5.97 Å². The SMILES string of the molecule is COC(=O)[C@@]1(CC(C)C)NC=C(C(C)=O)[C@H]1c1ccccc1. The summed E-state index contributed by atoms with van der Waals surface area (Å²) in [6.07, 6.45) is 2.27. The lowest BCUT2D eigenvalue weighted by Crippen LogP contribution is -2.53. The summed E-state index contributed by atoms with van der Waals surface area (Å²) in [5.41, 5.74) is 0.642. The number of Topliss-reactive ketones (excluding diaryl/α,β-unsaturated/α-hetero) is 1. The van der Waals surface area contributed by atoms with Gasteiger partial charge in [0.25, 0.3) is 0 Å². The minimum Gasteiger partial charge on any atom is -0.467 e. The van der Waals surface area contributed by atoms with Crippen LogP contribution < -0.4 is 5.32 Å². The van der Waals surface area contributed by atoms with Crippen molar-refractivity contribution < 1.29 is 14.3 Å². The smallest absolute Gasteiger partial charge is 0.332 e. The number of benzene rings is 1. The van der Waals surface area contributed by atoms with Crippen LogP contribution in [0, 0.1) is 5.92 Å². The van der Waals surface area contributed by atoms with Gasteiger partial charge in [-0.1, -0.05) is 44.2 Å². The first-order valence-corrected chi connectivity index (χ1v) is 7.54. The van der Waals surface area contributed by atoms with Crippen LogP contribution in [0.2, 0.25) is 0 Å². The van der Waals surface area contributed by atoms with E-state index in [1.165, 1.54) is 14.0 Å². The van der Waals surface area contributed by atoms with Gasteiger partial charge in [0.1, 0.15) is 5.54 Å². The molecule has 0 bridgehead atoms. The summed E-state index contributed by atoms with van der Waals surface area (Å²) in [5.74, 6) is -0.419. The normalized spacial score (nSPS) is 23.9. The number of rotatable bonds is 5. The Morgan fingerprint density at radius 3 is 2.41 bits per heavy atom. The van der Waals surface area contributed by atoms with E-state index in [1.807, 2.05) is 30.3 Å². The van der Waals surface area contributed by atoms with Gasteiger partial charge in [-0.15, -0.1) is 0 Å². The maximum Gasteiger partial charge on any atom is 0.332 e. The summed E-state index contributed by atoms with van der Waals surface area (Å²) in [5, 5.41) is 3.17. The van der Waals surface area contributed by atoms with Crippen LogP contribution in [0.3, 0.4) is 0 Å². The van der Waals surface area contributed by atoms with Gasteiger partial charge in [-0.2, -0.15) is 0 Å². The predicted octanol–water partition coefficient (Wildman–Crippen LogP) is 2.80. The van der Waals surface area contributed by atoms with Crippen molar-refractivity contribution >= 4 is 11.8 Å². The molecule has 22 heavy (non-hydrogen) atoms. The fourth-order valence-electron chi connectivity index (χ4n) is 3.32. The third-order valence-electron chi connectivity index (χ3n) is 4.11. The van der Waals surface area contributed by atoms with Gasteiger partial charge in [-0.25, -0.2) is 4.79 Å². The van der Waals surface area contributed by atoms with E-state index in [9.17, 15) is 9.59 Å². The molecule has 0 spiro atoms. The molecule has 0 unspecified atom stereocenters. The Hall–Kier alpha value is -2.10. The van der Waals surface area contributed by atoms with Crippen LogP contribution in [-0.4, -0.2) is 24.4 Å². The molecule has 0 saturated heterocycles. The molecule has 0 fully saturated rings. The summed E-state index contributed by atoms with van der Waals surface area (Å²) in [7, 11) is 1.39. The van der Waals surface area contributed by atoms with Crippen LogP contribution in [0.15, 0.2) is 42.1 Å². The highest BCUT2D eigenvalue weighted by Gasteiger charge is 2.52. The summed E-state index contributed by atoms with van der Waals surface area (Å²) in [6, 6.07) is 9.66. The van der Waals surface area contributed by atoms with Gasteiger partial charge in [0.2, 0.25) is 0 Å². The number of carbonyl (C=O) groups excluding carboxylic acids is 2. The van der Waals surface area contributed by atoms with E-state index < -0.39 is 5.54 Å². The second kappa shape index (κ2) is 6.34. The minimum absolute atomic E-state index is 0.0316. The highest BCUT2D eigenvalue weighted by Crippen LogP contribution is 2.43. The Balaban J connectivity index is 2.57. The molecule has 118 valence electrons. The fourth-order valence-corrected chi connectivity index (χ4v) is 3.32. The van der Waals surface area contributed by atoms with Crippen LogP contribution in [-0.2, 0) is 14.3 Å². The number of hydrogen-bond donors (Lipinski definition) is 1. The van der Waals surface area contributed by atoms with E-state index in [0.29, 0.717) is 12.0 Å². The van der Waals surface area contributed by atoms with Crippen LogP contribution in [0.1, 0.15) is 38.7 Å². The van der Waals surface area contributed by atoms with Crippen molar-refractivity contribution in [2.75, 3.05) is 7.11 Å². The summed E-state index contributed by atoms with van der Waals surface area (Å²) >= 11 is 0. The Labute approximate surface area is 131 Å². The minimum atomic E-state index is -0.925. The maximum absolute atomic E-state index is 12.6. The van der Waals surface area contributed by atoms with Gasteiger partial charge in [-0.05, 0) is 24.8 Å². The number of nitrogens with one attached hydrogen (secondary N) is 1. The fraction of sp³-hybridized carbons (Fsp3) is 0.444. The number of esters is 1. The van der Waals surface area contributed by atoms with E-state index in [1.54, 1.807) is 6.20 Å². The van der Waals surface area contributed by atoms with E-state index >= 15 is 0 Å². The predicted molar refractivity (Wildman–Crippen MR) is 85.3 cm³/mol. The molecule has 1 heterocycles. The quantitative estimate of drug-likeness (QED) is 0.850. The van der Waals surface area contributed by atoms with Crippen molar-refractivity contribution in [1.82, 2.24) is 5.32 Å². The zero-order valence-corrected chi connectivity index (χ0v) is 13.6. The molecular formula is C18H23NO3. The molecule has 2 atom stereocenters. The number of methoxy groups -OCH3 is 1. The summed E-state index contributed by atoms with van der Waals surface area (Å²) in [4.78, 5) is 24.6. The molecule has 4 heteroatoms. The second-order valence-corrected chi connectivity index (χ2v) is 6.20. The molecule has 1 aliphatic rings. The van der Waals surface area contributed by atoms with Crippen molar-refractivity contribution in [2.45, 2.75) is 38.6 Å². The van der Waals surface area contributed by atoms with Gasteiger partial charge in [0.05, 0.1) is 7.11 Å². The molecule has 1 N–H and O–H groups in total. The average Bonchev–Trinajstić information content (AvgIpc) is 2.87. The Morgan fingerprint density at radius 1 is 1.27 bits per heavy atom. The topological polar surface area (TPSA) is 55.4 Å². The third kappa shape index (κ3) is 2.78. The molecule has 0 radical (unpaired) electrons. The molecule has 2 rings (SSSR count). The Bertz CT molecular complexity index is 592. The van der Waals surface area contributed by atoms with Crippen molar-refractivity contribution in [2.24, 2.45) is 5.92 Å². The van der Waals surface area contributed by atoms with Gasteiger partial charge in [0, 0.05) is 17.7 Å². The van der Waals surface area contributed by atoms with Crippen molar-refractivity contribution in [3.63, 3.8) is 0 Å². The van der Waals surface area contributed by atoms with Crippen LogP contribution in [0.25, 0.3) is 0 Å². The average molecular weight is 301 g/mol. The molecule has 1 aromatic carbocycles. The lowest BCUT2D eigenvalue weighted by Gasteiger charge is -2.36. The van der Waals surface area contributed by atoms with Crippen molar-refractivity contribution in [1.29, 1.82) is 0 Å². The van der Waals surface area contributed by atoms with E-state index in [-0.39, 0.29) is 23.6 Å². The monoisotopic (exact) mass is 301 g/mol. The van der Waals surface area contributed by atoms with E-state index in [4.69, 9.17) is 4.74 Å². The molecule has 0 saturated carbocycles. The zero-order chi connectivity index (χ0) is 16.3. The largest absolute Gasteiger partial charge is 0.467 e. The van der Waals surface area contributed by atoms with Crippen molar-refractivity contribution in [3.05, 3.63) is 47.7 Å². The lowest BCUT2D eigenvalue weighted by molar-refractivity contribution is -0.149. The van der Waals surface area contributed by atoms with Gasteiger partial charge < -0.3 is 10.1 Å². The van der Waals surface area contributed by atoms with Crippen molar-refractivity contribution in [3.8, 4) is 0 Å². The number of ketones is 1.